The van der Waals surface area contributed by atoms with Crippen LogP contribution in [-0.4, -0.2) is 0 Å². The first-order valence-electron chi connectivity index (χ1n) is 17.0. The second kappa shape index (κ2) is 11.2. The van der Waals surface area contributed by atoms with Gasteiger partial charge in [0.2, 0.25) is 0 Å². The van der Waals surface area contributed by atoms with Gasteiger partial charge in [-0.25, -0.2) is 0 Å². The number of nitrogens with two attached hydrogens (primary N) is 1. The Kier molecular flexibility index (Phi) is 6.45. The van der Waals surface area contributed by atoms with E-state index in [-0.39, 0.29) is 0 Å². The topological polar surface area (TPSA) is 39.2 Å². The number of furan rings is 1. The minimum atomic E-state index is 0.715. The van der Waals surface area contributed by atoms with E-state index < -0.39 is 0 Å². The molecule has 0 saturated carbocycles. The Morgan fingerprint density at radius 1 is 0.460 bits per heavy atom. The molecule has 2 heterocycles. The van der Waals surface area contributed by atoms with Crippen molar-refractivity contribution in [1.82, 2.24) is 0 Å². The van der Waals surface area contributed by atoms with E-state index >= 15 is 0 Å². The van der Waals surface area contributed by atoms with Gasteiger partial charge in [-0.1, -0.05) is 115 Å². The molecule has 0 aliphatic carbocycles. The van der Waals surface area contributed by atoms with Gasteiger partial charge in [-0.05, 0) is 105 Å². The van der Waals surface area contributed by atoms with Gasteiger partial charge in [-0.2, -0.15) is 0 Å². The number of aryl methyl sites for hydroxylation is 1. The minimum absolute atomic E-state index is 0.715. The first-order valence-corrected chi connectivity index (χ1v) is 17.8. The van der Waals surface area contributed by atoms with E-state index in [4.69, 9.17) is 10.2 Å². The van der Waals surface area contributed by atoms with E-state index in [9.17, 15) is 0 Å². The van der Waals surface area contributed by atoms with Gasteiger partial charge in [0.05, 0.1) is 5.39 Å². The lowest BCUT2D eigenvalue weighted by molar-refractivity contribution is 0.669. The van der Waals surface area contributed by atoms with Crippen LogP contribution in [0.15, 0.2) is 162 Å². The van der Waals surface area contributed by atoms with Gasteiger partial charge in [0.1, 0.15) is 11.2 Å². The van der Waals surface area contributed by atoms with E-state index in [1.165, 1.54) is 64.3 Å². The molecule has 10 aromatic rings. The highest BCUT2D eigenvalue weighted by atomic mass is 32.1. The molecular weight excluding hydrogens is 627 g/mol. The smallest absolute Gasteiger partial charge is 0.138 e. The van der Waals surface area contributed by atoms with E-state index in [2.05, 4.69) is 159 Å². The molecule has 0 fully saturated rings. The van der Waals surface area contributed by atoms with Gasteiger partial charge < -0.3 is 10.2 Å². The first kappa shape index (κ1) is 28.8. The Labute approximate surface area is 293 Å². The summed E-state index contributed by atoms with van der Waals surface area (Å²) in [6.07, 6.45) is 0. The number of hydrogen-bond donors (Lipinski definition) is 1. The predicted octanol–water partition coefficient (Wildman–Crippen LogP) is 13.7. The van der Waals surface area contributed by atoms with Gasteiger partial charge in [0.15, 0.2) is 0 Å². The summed E-state index contributed by atoms with van der Waals surface area (Å²) in [6, 6.07) is 56.5. The van der Waals surface area contributed by atoms with Crippen molar-refractivity contribution in [2.45, 2.75) is 6.92 Å². The Bertz CT molecular complexity index is 2950. The Morgan fingerprint density at radius 2 is 1.18 bits per heavy atom. The fraction of sp³-hybridized carbons (Fsp3) is 0.0213. The van der Waals surface area contributed by atoms with Crippen molar-refractivity contribution in [3.05, 3.63) is 163 Å². The molecule has 8 aromatic carbocycles. The predicted molar refractivity (Wildman–Crippen MR) is 215 cm³/mol. The average molecular weight is 658 g/mol. The molecule has 0 unspecified atom stereocenters. The van der Waals surface area contributed by atoms with E-state index in [0.29, 0.717) is 5.69 Å². The number of fused-ring (bicyclic) bond motifs is 7. The molecule has 2 nitrogen and oxygen atoms in total. The van der Waals surface area contributed by atoms with Crippen LogP contribution in [0.3, 0.4) is 0 Å². The zero-order valence-electron chi connectivity index (χ0n) is 27.4. The molecule has 0 bridgehead atoms. The molecule has 0 aliphatic rings. The van der Waals surface area contributed by atoms with Crippen molar-refractivity contribution in [2.75, 3.05) is 5.73 Å². The molecule has 0 amide bonds. The maximum absolute atomic E-state index is 7.03. The fourth-order valence-electron chi connectivity index (χ4n) is 7.68. The Hall–Kier alpha value is -6.16. The normalized spacial score (nSPS) is 11.8. The third-order valence-corrected chi connectivity index (χ3v) is 11.4. The molecule has 50 heavy (non-hydrogen) atoms. The largest absolute Gasteiger partial charge is 0.456 e. The number of nitrogen functional groups attached to an aromatic ring is 1. The molecule has 0 radical (unpaired) electrons. The number of benzene rings is 8. The maximum atomic E-state index is 7.03. The number of anilines is 1. The second-order valence-electron chi connectivity index (χ2n) is 13.2. The standard InChI is InChI=1S/C47H31NOS/c1-28-9-2-5-12-36(28)34-24-39(47-40(25-34)38-13-6-7-16-44(38)50-47)35-26-41(48)46-43(27-35)49-42-15-8-14-37(45(42)46)31-20-17-30(18-21-31)33-22-19-29-10-3-4-11-32(29)23-33/h2-27H,48H2,1H3. The minimum Gasteiger partial charge on any atom is -0.456 e. The van der Waals surface area contributed by atoms with Gasteiger partial charge in [-0.3, -0.25) is 0 Å². The van der Waals surface area contributed by atoms with Crippen LogP contribution in [0.25, 0.3) is 97.4 Å². The SMILES string of the molecule is Cc1ccccc1-c1cc(-c2cc(N)c3c(c2)oc2cccc(-c4ccc(-c5ccc6ccccc6c5)cc4)c23)c2sc3ccccc3c2c1. The zero-order chi connectivity index (χ0) is 33.3. The summed E-state index contributed by atoms with van der Waals surface area (Å²) in [4.78, 5) is 0. The van der Waals surface area contributed by atoms with Crippen molar-refractivity contribution in [2.24, 2.45) is 0 Å². The molecular formula is C47H31NOS. The van der Waals surface area contributed by atoms with Crippen LogP contribution < -0.4 is 5.73 Å². The highest BCUT2D eigenvalue weighted by Crippen LogP contribution is 2.46. The van der Waals surface area contributed by atoms with Crippen LogP contribution in [0.4, 0.5) is 5.69 Å². The summed E-state index contributed by atoms with van der Waals surface area (Å²) in [6.45, 7) is 2.18. The number of thiophene rings is 1. The van der Waals surface area contributed by atoms with Crippen LogP contribution in [0, 0.1) is 6.92 Å². The van der Waals surface area contributed by atoms with Crippen LogP contribution in [0.5, 0.6) is 0 Å². The molecule has 3 heteroatoms. The van der Waals surface area contributed by atoms with Gasteiger partial charge in [0, 0.05) is 36.8 Å². The summed E-state index contributed by atoms with van der Waals surface area (Å²) >= 11 is 1.84. The highest BCUT2D eigenvalue weighted by molar-refractivity contribution is 7.26. The molecule has 2 N–H and O–H groups in total. The van der Waals surface area contributed by atoms with Gasteiger partial charge in [0.25, 0.3) is 0 Å². The molecule has 0 aliphatic heterocycles. The lowest BCUT2D eigenvalue weighted by Gasteiger charge is -2.12. The lowest BCUT2D eigenvalue weighted by Crippen LogP contribution is -1.90. The zero-order valence-corrected chi connectivity index (χ0v) is 28.2. The number of rotatable bonds is 4. The van der Waals surface area contributed by atoms with Gasteiger partial charge >= 0.3 is 0 Å². The van der Waals surface area contributed by atoms with Crippen molar-refractivity contribution in [3.63, 3.8) is 0 Å². The number of hydrogen-bond acceptors (Lipinski definition) is 3. The van der Waals surface area contributed by atoms with Crippen molar-refractivity contribution < 1.29 is 4.42 Å². The van der Waals surface area contributed by atoms with Crippen LogP contribution >= 0.6 is 11.3 Å². The monoisotopic (exact) mass is 657 g/mol. The lowest BCUT2D eigenvalue weighted by atomic mass is 9.92. The fourth-order valence-corrected chi connectivity index (χ4v) is 8.90. The summed E-state index contributed by atoms with van der Waals surface area (Å²) in [5.41, 5.74) is 19.9. The Morgan fingerprint density at radius 3 is 2.06 bits per heavy atom. The van der Waals surface area contributed by atoms with Crippen LogP contribution in [-0.2, 0) is 0 Å². The summed E-state index contributed by atoms with van der Waals surface area (Å²) in [5.74, 6) is 0. The van der Waals surface area contributed by atoms with E-state index in [1.807, 2.05) is 17.4 Å². The molecule has 0 saturated heterocycles. The van der Waals surface area contributed by atoms with Gasteiger partial charge in [-0.15, -0.1) is 11.3 Å². The summed E-state index contributed by atoms with van der Waals surface area (Å²) in [7, 11) is 0. The second-order valence-corrected chi connectivity index (χ2v) is 14.2. The summed E-state index contributed by atoms with van der Waals surface area (Å²) in [5, 5.41) is 7.04. The molecule has 10 rings (SSSR count). The third-order valence-electron chi connectivity index (χ3n) is 10.2. The quantitative estimate of drug-likeness (QED) is 0.191. The van der Waals surface area contributed by atoms with E-state index in [0.717, 1.165) is 38.6 Å². The first-order chi connectivity index (χ1) is 24.6. The third kappa shape index (κ3) is 4.55. The van der Waals surface area contributed by atoms with E-state index in [1.54, 1.807) is 0 Å². The summed E-state index contributed by atoms with van der Waals surface area (Å²) < 4.78 is 9.15. The Balaban J connectivity index is 1.13. The van der Waals surface area contributed by atoms with Crippen molar-refractivity contribution >= 4 is 69.9 Å². The molecule has 0 spiro atoms. The molecule has 2 aromatic heterocycles. The molecule has 236 valence electrons. The van der Waals surface area contributed by atoms with Crippen LogP contribution in [0.2, 0.25) is 0 Å². The van der Waals surface area contributed by atoms with Crippen LogP contribution in [0.1, 0.15) is 5.56 Å². The maximum Gasteiger partial charge on any atom is 0.138 e. The average Bonchev–Trinajstić information content (AvgIpc) is 3.73. The molecule has 0 atom stereocenters. The highest BCUT2D eigenvalue weighted by Gasteiger charge is 2.19. The van der Waals surface area contributed by atoms with Crippen molar-refractivity contribution in [1.29, 1.82) is 0 Å². The van der Waals surface area contributed by atoms with Crippen molar-refractivity contribution in [3.8, 4) is 44.5 Å².